The number of carbonyl (C=O) groups excluding carboxylic acids is 1. The molecule has 2 N–H and O–H groups in total. The van der Waals surface area contributed by atoms with Gasteiger partial charge in [0.25, 0.3) is 0 Å². The Labute approximate surface area is 151 Å². The molecule has 26 heavy (non-hydrogen) atoms. The lowest BCUT2D eigenvalue weighted by atomic mass is 9.94. The lowest BCUT2D eigenvalue weighted by molar-refractivity contribution is 0.0974. The second-order valence-corrected chi connectivity index (χ2v) is 8.38. The lowest BCUT2D eigenvalue weighted by Gasteiger charge is -2.11. The maximum Gasteiger partial charge on any atom is 0.240 e. The van der Waals surface area contributed by atoms with Crippen LogP contribution in [0.2, 0.25) is 0 Å². The molecule has 0 aliphatic heterocycles. The second-order valence-electron chi connectivity index (χ2n) is 6.65. The summed E-state index contributed by atoms with van der Waals surface area (Å²) in [5.74, 6) is 0.861. The Bertz CT molecular complexity index is 1080. The lowest BCUT2D eigenvalue weighted by Crippen LogP contribution is -2.26. The predicted molar refractivity (Wildman–Crippen MR) is 97.9 cm³/mol. The Balaban J connectivity index is 1.65. The molecular formula is C19H20N2O4S. The second kappa shape index (κ2) is 6.41. The van der Waals surface area contributed by atoms with Crippen molar-refractivity contribution >= 4 is 26.7 Å². The maximum atomic E-state index is 12.7. The average molecular weight is 372 g/mol. The fraction of sp³-hybridized carbons (Fsp3) is 0.316. The van der Waals surface area contributed by atoms with Gasteiger partial charge in [0, 0.05) is 41.5 Å². The van der Waals surface area contributed by atoms with Crippen LogP contribution >= 0.6 is 0 Å². The molecule has 0 atom stereocenters. The van der Waals surface area contributed by atoms with E-state index in [2.05, 4.69) is 9.71 Å². The zero-order valence-corrected chi connectivity index (χ0v) is 15.3. The van der Waals surface area contributed by atoms with Gasteiger partial charge < -0.3 is 9.40 Å². The van der Waals surface area contributed by atoms with Gasteiger partial charge in [-0.3, -0.25) is 4.79 Å². The summed E-state index contributed by atoms with van der Waals surface area (Å²) in [6, 6.07) is 7.02. The molecule has 0 bridgehead atoms. The first-order valence-corrected chi connectivity index (χ1v) is 10.1. The summed E-state index contributed by atoms with van der Waals surface area (Å²) in [6.45, 7) is 2.01. The number of nitrogens with one attached hydrogen (secondary N) is 2. The number of H-pyrrole nitrogens is 1. The highest BCUT2D eigenvalue weighted by Gasteiger charge is 2.25. The van der Waals surface area contributed by atoms with Crippen molar-refractivity contribution in [3.05, 3.63) is 53.1 Å². The molecule has 0 unspecified atom stereocenters. The van der Waals surface area contributed by atoms with Crippen LogP contribution in [0.5, 0.6) is 0 Å². The molecule has 6 nitrogen and oxygen atoms in total. The zero-order chi connectivity index (χ0) is 18.3. The summed E-state index contributed by atoms with van der Waals surface area (Å²) in [6.07, 6.45) is 4.25. The number of hydrogen-bond acceptors (Lipinski definition) is 4. The van der Waals surface area contributed by atoms with E-state index in [1.807, 2.05) is 6.07 Å². The van der Waals surface area contributed by atoms with Gasteiger partial charge in [0.1, 0.15) is 5.76 Å². The number of aromatic nitrogens is 1. The molecule has 1 aliphatic carbocycles. The van der Waals surface area contributed by atoms with E-state index in [0.29, 0.717) is 23.9 Å². The van der Waals surface area contributed by atoms with Gasteiger partial charge in [-0.25, -0.2) is 13.1 Å². The van der Waals surface area contributed by atoms with E-state index in [1.165, 1.54) is 0 Å². The third kappa shape index (κ3) is 2.97. The van der Waals surface area contributed by atoms with E-state index in [1.54, 1.807) is 31.4 Å². The summed E-state index contributed by atoms with van der Waals surface area (Å²) < 4.78 is 33.3. The van der Waals surface area contributed by atoms with Gasteiger partial charge in [0.05, 0.1) is 11.2 Å². The summed E-state index contributed by atoms with van der Waals surface area (Å²) >= 11 is 0. The zero-order valence-electron chi connectivity index (χ0n) is 14.5. The molecule has 0 amide bonds. The Hall–Kier alpha value is -2.38. The van der Waals surface area contributed by atoms with E-state index < -0.39 is 10.0 Å². The quantitative estimate of drug-likeness (QED) is 0.720. The highest BCUT2D eigenvalue weighted by atomic mass is 32.2. The molecule has 0 saturated heterocycles. The molecule has 1 aromatic carbocycles. The normalized spacial score (nSPS) is 14.7. The maximum absolute atomic E-state index is 12.7. The van der Waals surface area contributed by atoms with Gasteiger partial charge in [-0.1, -0.05) is 0 Å². The number of benzene rings is 1. The summed E-state index contributed by atoms with van der Waals surface area (Å²) in [5, 5.41) is 0.816. The van der Waals surface area contributed by atoms with E-state index >= 15 is 0 Å². The molecule has 0 radical (unpaired) electrons. The Morgan fingerprint density at radius 3 is 2.88 bits per heavy atom. The first-order valence-electron chi connectivity index (χ1n) is 8.66. The van der Waals surface area contributed by atoms with Gasteiger partial charge in [0.2, 0.25) is 10.0 Å². The molecule has 136 valence electrons. The van der Waals surface area contributed by atoms with Gasteiger partial charge in [-0.15, -0.1) is 0 Å². The van der Waals surface area contributed by atoms with Crippen molar-refractivity contribution in [3.63, 3.8) is 0 Å². The fourth-order valence-corrected chi connectivity index (χ4v) is 4.86. The van der Waals surface area contributed by atoms with Gasteiger partial charge in [-0.05, 0) is 49.6 Å². The van der Waals surface area contributed by atoms with Gasteiger partial charge >= 0.3 is 0 Å². The average Bonchev–Trinajstić information content (AvgIpc) is 3.21. The molecule has 0 saturated carbocycles. The molecule has 1 aliphatic rings. The van der Waals surface area contributed by atoms with E-state index in [9.17, 15) is 13.2 Å². The van der Waals surface area contributed by atoms with Crippen molar-refractivity contribution in [1.82, 2.24) is 9.71 Å². The number of furan rings is 1. The largest absolute Gasteiger partial charge is 0.469 e. The minimum absolute atomic E-state index is 0.129. The molecule has 2 aromatic heterocycles. The summed E-state index contributed by atoms with van der Waals surface area (Å²) in [4.78, 5) is 15.7. The summed E-state index contributed by atoms with van der Waals surface area (Å²) in [5.41, 5.74) is 2.96. The third-order valence-corrected chi connectivity index (χ3v) is 6.42. The topological polar surface area (TPSA) is 92.2 Å². The van der Waals surface area contributed by atoms with Crippen LogP contribution < -0.4 is 4.72 Å². The first-order chi connectivity index (χ1) is 12.5. The number of aryl methyl sites for hydroxylation is 2. The number of aromatic amines is 1. The molecular weight excluding hydrogens is 352 g/mol. The van der Waals surface area contributed by atoms with E-state index in [4.69, 9.17) is 4.42 Å². The van der Waals surface area contributed by atoms with Crippen LogP contribution in [0.15, 0.2) is 39.8 Å². The molecule has 0 fully saturated rings. The van der Waals surface area contributed by atoms with Crippen molar-refractivity contribution < 1.29 is 17.6 Å². The van der Waals surface area contributed by atoms with Crippen molar-refractivity contribution in [2.75, 3.05) is 6.54 Å². The van der Waals surface area contributed by atoms with Crippen molar-refractivity contribution in [2.24, 2.45) is 0 Å². The van der Waals surface area contributed by atoms with Crippen molar-refractivity contribution in [3.8, 4) is 0 Å². The molecule has 0 spiro atoms. The Morgan fingerprint density at radius 1 is 1.27 bits per heavy atom. The summed E-state index contributed by atoms with van der Waals surface area (Å²) in [7, 11) is -3.65. The first kappa shape index (κ1) is 17.1. The number of Topliss-reactive ketones (excluding diaryl/α,β-unsaturated/α-hetero) is 1. The highest BCUT2D eigenvalue weighted by Crippen LogP contribution is 2.32. The van der Waals surface area contributed by atoms with Crippen LogP contribution in [0.1, 0.15) is 40.2 Å². The molecule has 3 aromatic rings. The Kier molecular flexibility index (Phi) is 4.20. The van der Waals surface area contributed by atoms with Crippen LogP contribution in [0.4, 0.5) is 0 Å². The standard InChI is InChI=1S/C19H20N2O4S/c1-12-10-14-16(21-15-5-2-6-17(22)19(14)15)11-18(12)26(23,24)20-8-7-13-4-3-9-25-13/h3-4,9-11,20-21H,2,5-8H2,1H3. The van der Waals surface area contributed by atoms with Crippen LogP contribution in [0, 0.1) is 6.92 Å². The SMILES string of the molecule is Cc1cc2c3c([nH]c2cc1S(=O)(=O)NCCc1ccco1)CCCC3=O. The van der Waals surface area contributed by atoms with Crippen LogP contribution in [0.25, 0.3) is 10.9 Å². The van der Waals surface area contributed by atoms with Crippen molar-refractivity contribution in [1.29, 1.82) is 0 Å². The van der Waals surface area contributed by atoms with Gasteiger partial charge in [0.15, 0.2) is 5.78 Å². The van der Waals surface area contributed by atoms with Crippen molar-refractivity contribution in [2.45, 2.75) is 37.5 Å². The monoisotopic (exact) mass is 372 g/mol. The number of sulfonamides is 1. The number of hydrogen-bond donors (Lipinski definition) is 2. The van der Waals surface area contributed by atoms with Gasteiger partial charge in [-0.2, -0.15) is 0 Å². The minimum atomic E-state index is -3.65. The Morgan fingerprint density at radius 2 is 2.12 bits per heavy atom. The highest BCUT2D eigenvalue weighted by molar-refractivity contribution is 7.89. The number of rotatable bonds is 5. The fourth-order valence-electron chi connectivity index (χ4n) is 3.57. The molecule has 2 heterocycles. The minimum Gasteiger partial charge on any atom is -0.469 e. The molecule has 4 rings (SSSR count). The predicted octanol–water partition coefficient (Wildman–Crippen LogP) is 3.11. The number of ketones is 1. The van der Waals surface area contributed by atoms with E-state index in [0.717, 1.165) is 35.2 Å². The smallest absolute Gasteiger partial charge is 0.240 e. The van der Waals surface area contributed by atoms with Crippen LogP contribution in [-0.4, -0.2) is 25.7 Å². The van der Waals surface area contributed by atoms with Crippen LogP contribution in [-0.2, 0) is 22.9 Å². The molecule has 7 heteroatoms. The van der Waals surface area contributed by atoms with E-state index in [-0.39, 0.29) is 17.2 Å². The van der Waals surface area contributed by atoms with Crippen LogP contribution in [0.3, 0.4) is 0 Å². The third-order valence-electron chi connectivity index (χ3n) is 4.81. The number of carbonyl (C=O) groups is 1. The number of fused-ring (bicyclic) bond motifs is 3.